The lowest BCUT2D eigenvalue weighted by molar-refractivity contribution is -0.124. The van der Waals surface area contributed by atoms with Gasteiger partial charge in [0.15, 0.2) is 23.0 Å². The molecule has 0 saturated heterocycles. The maximum atomic E-state index is 12.2. The van der Waals surface area contributed by atoms with Crippen LogP contribution in [-0.2, 0) is 9.53 Å². The molecule has 8 N–H and O–H groups in total. The molecular formula is C22H27N3O8. The zero-order valence-corrected chi connectivity index (χ0v) is 17.9. The molecule has 2 rings (SSSR count). The molecule has 2 atom stereocenters. The number of unbranched alkanes of at least 4 members (excludes halogenated alkanes) is 1. The van der Waals surface area contributed by atoms with Crippen LogP contribution in [-0.4, -0.2) is 63.4 Å². The molecule has 33 heavy (non-hydrogen) atoms. The molecule has 178 valence electrons. The van der Waals surface area contributed by atoms with Gasteiger partial charge in [-0.2, -0.15) is 0 Å². The first kappa shape index (κ1) is 25.3. The first-order valence-electron chi connectivity index (χ1n) is 10.2. The molecule has 0 fully saturated rings. The number of carbonyl (C=O) groups is 3. The van der Waals surface area contributed by atoms with Crippen LogP contribution in [0.25, 0.3) is 0 Å². The van der Waals surface area contributed by atoms with Gasteiger partial charge in [-0.25, -0.2) is 4.79 Å². The van der Waals surface area contributed by atoms with Gasteiger partial charge < -0.3 is 41.5 Å². The lowest BCUT2D eigenvalue weighted by Crippen LogP contribution is -2.49. The first-order valence-corrected chi connectivity index (χ1v) is 10.2. The summed E-state index contributed by atoms with van der Waals surface area (Å²) in [5.41, 5.74) is 5.53. The van der Waals surface area contributed by atoms with Crippen molar-refractivity contribution in [3.8, 4) is 23.0 Å². The van der Waals surface area contributed by atoms with E-state index in [1.54, 1.807) is 0 Å². The lowest BCUT2D eigenvalue weighted by atomic mass is 10.1. The average molecular weight is 461 g/mol. The van der Waals surface area contributed by atoms with Crippen LogP contribution in [0.15, 0.2) is 36.4 Å². The SMILES string of the molecule is C[C@@H](OC(=O)c1cccc(O)c1O)[C@H](N)C(=O)NCCCCNC(=O)c1cccc(O)c1O. The number of para-hydroxylation sites is 2. The third kappa shape index (κ3) is 6.74. The minimum atomic E-state index is -1.16. The van der Waals surface area contributed by atoms with Gasteiger partial charge in [0, 0.05) is 13.1 Å². The lowest BCUT2D eigenvalue weighted by Gasteiger charge is -2.20. The van der Waals surface area contributed by atoms with Gasteiger partial charge in [0.05, 0.1) is 5.56 Å². The number of nitrogens with one attached hydrogen (secondary N) is 2. The van der Waals surface area contributed by atoms with Gasteiger partial charge in [-0.15, -0.1) is 0 Å². The number of hydrogen-bond acceptors (Lipinski definition) is 9. The zero-order chi connectivity index (χ0) is 24.5. The third-order valence-corrected chi connectivity index (χ3v) is 4.78. The molecular weight excluding hydrogens is 434 g/mol. The number of amides is 2. The van der Waals surface area contributed by atoms with Crippen LogP contribution < -0.4 is 16.4 Å². The smallest absolute Gasteiger partial charge is 0.342 e. The highest BCUT2D eigenvalue weighted by atomic mass is 16.5. The second kappa shape index (κ2) is 11.6. The van der Waals surface area contributed by atoms with Crippen molar-refractivity contribution in [2.24, 2.45) is 5.73 Å². The molecule has 0 heterocycles. The molecule has 2 aromatic rings. The largest absolute Gasteiger partial charge is 0.504 e. The van der Waals surface area contributed by atoms with E-state index in [4.69, 9.17) is 10.5 Å². The van der Waals surface area contributed by atoms with Crippen molar-refractivity contribution in [1.29, 1.82) is 0 Å². The Kier molecular flexibility index (Phi) is 8.87. The highest BCUT2D eigenvalue weighted by Crippen LogP contribution is 2.29. The Balaban J connectivity index is 1.70. The summed E-state index contributed by atoms with van der Waals surface area (Å²) in [5.74, 6) is -4.02. The second-order valence-corrected chi connectivity index (χ2v) is 7.24. The summed E-state index contributed by atoms with van der Waals surface area (Å²) < 4.78 is 5.10. The van der Waals surface area contributed by atoms with Gasteiger partial charge in [0.1, 0.15) is 17.7 Å². The minimum Gasteiger partial charge on any atom is -0.504 e. The number of rotatable bonds is 10. The Morgan fingerprint density at radius 2 is 1.39 bits per heavy atom. The van der Waals surface area contributed by atoms with Crippen molar-refractivity contribution >= 4 is 17.8 Å². The summed E-state index contributed by atoms with van der Waals surface area (Å²) in [6, 6.07) is 6.74. The van der Waals surface area contributed by atoms with Gasteiger partial charge in [-0.1, -0.05) is 12.1 Å². The Bertz CT molecular complexity index is 1010. The zero-order valence-electron chi connectivity index (χ0n) is 17.9. The summed E-state index contributed by atoms with van der Waals surface area (Å²) in [4.78, 5) is 36.3. The maximum absolute atomic E-state index is 12.2. The Hall–Kier alpha value is -3.99. The molecule has 0 saturated carbocycles. The molecule has 2 amide bonds. The van der Waals surface area contributed by atoms with Crippen LogP contribution in [0.4, 0.5) is 0 Å². The highest BCUT2D eigenvalue weighted by Gasteiger charge is 2.26. The number of esters is 1. The van der Waals surface area contributed by atoms with E-state index in [-0.39, 0.29) is 30.0 Å². The van der Waals surface area contributed by atoms with E-state index in [1.807, 2.05) is 0 Å². The third-order valence-electron chi connectivity index (χ3n) is 4.78. The van der Waals surface area contributed by atoms with Gasteiger partial charge in [-0.05, 0) is 44.0 Å². The van der Waals surface area contributed by atoms with Crippen molar-refractivity contribution in [1.82, 2.24) is 10.6 Å². The quantitative estimate of drug-likeness (QED) is 0.152. The number of phenolic OH excluding ortho intramolecular Hbond substituents is 4. The summed E-state index contributed by atoms with van der Waals surface area (Å²) in [7, 11) is 0. The normalized spacial score (nSPS) is 12.4. The van der Waals surface area contributed by atoms with E-state index >= 15 is 0 Å². The van der Waals surface area contributed by atoms with E-state index in [2.05, 4.69) is 10.6 Å². The number of carbonyl (C=O) groups excluding carboxylic acids is 3. The fourth-order valence-corrected chi connectivity index (χ4v) is 2.81. The number of nitrogens with two attached hydrogens (primary N) is 1. The van der Waals surface area contributed by atoms with Gasteiger partial charge in [-0.3, -0.25) is 9.59 Å². The highest BCUT2D eigenvalue weighted by molar-refractivity contribution is 5.97. The van der Waals surface area contributed by atoms with Gasteiger partial charge >= 0.3 is 5.97 Å². The van der Waals surface area contributed by atoms with Crippen molar-refractivity contribution in [2.75, 3.05) is 13.1 Å². The van der Waals surface area contributed by atoms with E-state index in [0.717, 1.165) is 0 Å². The van der Waals surface area contributed by atoms with Crippen LogP contribution in [0.3, 0.4) is 0 Å². The maximum Gasteiger partial charge on any atom is 0.342 e. The number of ether oxygens (including phenoxy) is 1. The molecule has 0 unspecified atom stereocenters. The van der Waals surface area contributed by atoms with E-state index in [0.29, 0.717) is 12.8 Å². The second-order valence-electron chi connectivity index (χ2n) is 7.24. The predicted molar refractivity (Wildman–Crippen MR) is 117 cm³/mol. The topological polar surface area (TPSA) is 191 Å². The molecule has 11 heteroatoms. The van der Waals surface area contributed by atoms with Crippen LogP contribution >= 0.6 is 0 Å². The summed E-state index contributed by atoms with van der Waals surface area (Å²) >= 11 is 0. The van der Waals surface area contributed by atoms with E-state index in [9.17, 15) is 34.8 Å². The van der Waals surface area contributed by atoms with E-state index in [1.165, 1.54) is 43.3 Å². The summed E-state index contributed by atoms with van der Waals surface area (Å²) in [6.45, 7) is 1.96. The molecule has 0 bridgehead atoms. The summed E-state index contributed by atoms with van der Waals surface area (Å²) in [5, 5.41) is 43.5. The molecule has 0 aliphatic carbocycles. The molecule has 0 radical (unpaired) electrons. The van der Waals surface area contributed by atoms with Crippen molar-refractivity contribution in [3.05, 3.63) is 47.5 Å². The fraction of sp³-hybridized carbons (Fsp3) is 0.318. The first-order chi connectivity index (χ1) is 15.6. The molecule has 0 spiro atoms. The Morgan fingerprint density at radius 3 is 2.00 bits per heavy atom. The molecule has 0 aliphatic heterocycles. The van der Waals surface area contributed by atoms with Crippen LogP contribution in [0, 0.1) is 0 Å². The molecule has 11 nitrogen and oxygen atoms in total. The number of benzene rings is 2. The fourth-order valence-electron chi connectivity index (χ4n) is 2.81. The van der Waals surface area contributed by atoms with Gasteiger partial charge in [0.2, 0.25) is 5.91 Å². The number of hydrogen-bond donors (Lipinski definition) is 7. The standard InChI is InChI=1S/C22H27N3O8/c1-12(33-22(32)14-7-5-9-16(27)19(14)29)17(23)21(31)25-11-3-2-10-24-20(30)13-6-4-8-15(26)18(13)28/h4-9,12,17,26-29H,2-3,10-11,23H2,1H3,(H,24,30)(H,25,31)/t12-,17+/m1/s1. The van der Waals surface area contributed by atoms with Crippen LogP contribution in [0.2, 0.25) is 0 Å². The molecule has 0 aromatic heterocycles. The monoisotopic (exact) mass is 461 g/mol. The number of aromatic hydroxyl groups is 4. The Labute approximate surface area is 189 Å². The van der Waals surface area contributed by atoms with Crippen molar-refractivity contribution in [2.45, 2.75) is 31.9 Å². The van der Waals surface area contributed by atoms with Crippen molar-refractivity contribution < 1.29 is 39.5 Å². The molecule has 0 aliphatic rings. The molecule has 2 aromatic carbocycles. The number of phenols is 4. The van der Waals surface area contributed by atoms with Crippen LogP contribution in [0.5, 0.6) is 23.0 Å². The minimum absolute atomic E-state index is 0.0446. The Morgan fingerprint density at radius 1 is 0.879 bits per heavy atom. The summed E-state index contributed by atoms with van der Waals surface area (Å²) in [6.07, 6.45) is 0.0200. The van der Waals surface area contributed by atoms with Gasteiger partial charge in [0.25, 0.3) is 5.91 Å². The van der Waals surface area contributed by atoms with E-state index < -0.39 is 47.2 Å². The van der Waals surface area contributed by atoms with Crippen molar-refractivity contribution in [3.63, 3.8) is 0 Å². The average Bonchev–Trinajstić information content (AvgIpc) is 2.78. The predicted octanol–water partition coefficient (Wildman–Crippen LogP) is 0.708. The van der Waals surface area contributed by atoms with Crippen LogP contribution in [0.1, 0.15) is 40.5 Å².